The zero-order valence-corrected chi connectivity index (χ0v) is 9.65. The first-order valence-corrected chi connectivity index (χ1v) is 5.37. The number of halogens is 1. The van der Waals surface area contributed by atoms with E-state index in [-0.39, 0.29) is 0 Å². The van der Waals surface area contributed by atoms with Crippen molar-refractivity contribution in [1.82, 2.24) is 9.97 Å². The fourth-order valence-corrected chi connectivity index (χ4v) is 1.42. The van der Waals surface area contributed by atoms with Crippen LogP contribution in [0.4, 0.5) is 5.95 Å². The maximum atomic E-state index is 8.70. The van der Waals surface area contributed by atoms with Gasteiger partial charge in [0.25, 0.3) is 0 Å². The third-order valence-corrected chi connectivity index (χ3v) is 2.39. The summed E-state index contributed by atoms with van der Waals surface area (Å²) in [5.41, 5.74) is 1.42. The summed E-state index contributed by atoms with van der Waals surface area (Å²) in [5, 5.41) is 12.4. The summed E-state index contributed by atoms with van der Waals surface area (Å²) in [4.78, 5) is 8.04. The molecule has 4 nitrogen and oxygen atoms in total. The SMILES string of the molecule is N#Cc1ccnc(NCc2ccc(Cl)cc2)n1. The average Bonchev–Trinajstić information content (AvgIpc) is 2.38. The molecular formula is C12H9ClN4. The standard InChI is InChI=1S/C12H9ClN4/c13-10-3-1-9(2-4-10)8-16-12-15-6-5-11(7-14)17-12/h1-6H,8H2,(H,15,16,17). The number of nitrogens with one attached hydrogen (secondary N) is 1. The lowest BCUT2D eigenvalue weighted by Crippen LogP contribution is -2.03. The molecule has 17 heavy (non-hydrogen) atoms. The number of aromatic nitrogens is 2. The van der Waals surface area contributed by atoms with E-state index < -0.39 is 0 Å². The molecule has 0 bridgehead atoms. The smallest absolute Gasteiger partial charge is 0.224 e. The van der Waals surface area contributed by atoms with E-state index in [1.165, 1.54) is 0 Å². The lowest BCUT2D eigenvalue weighted by Gasteiger charge is -2.04. The van der Waals surface area contributed by atoms with E-state index in [1.807, 2.05) is 30.3 Å². The van der Waals surface area contributed by atoms with Crippen LogP contribution in [0.2, 0.25) is 5.02 Å². The Balaban J connectivity index is 2.02. The molecule has 0 amide bonds. The molecule has 1 heterocycles. The highest BCUT2D eigenvalue weighted by Crippen LogP contribution is 2.10. The van der Waals surface area contributed by atoms with Gasteiger partial charge in [-0.2, -0.15) is 5.26 Å². The van der Waals surface area contributed by atoms with Crippen molar-refractivity contribution in [3.63, 3.8) is 0 Å². The number of nitriles is 1. The number of anilines is 1. The molecule has 0 aliphatic rings. The van der Waals surface area contributed by atoms with E-state index in [1.54, 1.807) is 12.3 Å². The Kier molecular flexibility index (Phi) is 3.53. The van der Waals surface area contributed by atoms with Gasteiger partial charge in [0.15, 0.2) is 0 Å². The molecule has 0 aliphatic carbocycles. The van der Waals surface area contributed by atoms with Gasteiger partial charge in [-0.1, -0.05) is 23.7 Å². The van der Waals surface area contributed by atoms with Gasteiger partial charge >= 0.3 is 0 Å². The highest BCUT2D eigenvalue weighted by Gasteiger charge is 1.98. The van der Waals surface area contributed by atoms with Crippen LogP contribution >= 0.6 is 11.6 Å². The van der Waals surface area contributed by atoms with E-state index in [9.17, 15) is 0 Å². The van der Waals surface area contributed by atoms with Gasteiger partial charge in [-0.15, -0.1) is 0 Å². The molecule has 0 fully saturated rings. The van der Waals surface area contributed by atoms with Crippen LogP contribution in [0.5, 0.6) is 0 Å². The molecule has 1 aromatic carbocycles. The highest BCUT2D eigenvalue weighted by atomic mass is 35.5. The molecule has 84 valence electrons. The van der Waals surface area contributed by atoms with Crippen molar-refractivity contribution < 1.29 is 0 Å². The van der Waals surface area contributed by atoms with Gasteiger partial charge < -0.3 is 5.32 Å². The molecule has 1 aromatic heterocycles. The maximum absolute atomic E-state index is 8.70. The minimum Gasteiger partial charge on any atom is -0.350 e. The van der Waals surface area contributed by atoms with Crippen LogP contribution in [0, 0.1) is 11.3 Å². The van der Waals surface area contributed by atoms with Crippen LogP contribution in [0.15, 0.2) is 36.5 Å². The third kappa shape index (κ3) is 3.16. The predicted octanol–water partition coefficient (Wildman–Crippen LogP) is 2.61. The summed E-state index contributed by atoms with van der Waals surface area (Å²) in [6.07, 6.45) is 1.55. The number of hydrogen-bond donors (Lipinski definition) is 1. The zero-order chi connectivity index (χ0) is 12.1. The monoisotopic (exact) mass is 244 g/mol. The third-order valence-electron chi connectivity index (χ3n) is 2.13. The number of hydrogen-bond acceptors (Lipinski definition) is 4. The zero-order valence-electron chi connectivity index (χ0n) is 8.89. The maximum Gasteiger partial charge on any atom is 0.224 e. The van der Waals surface area contributed by atoms with Gasteiger partial charge in [-0.05, 0) is 23.8 Å². The molecule has 2 rings (SSSR count). The Morgan fingerprint density at radius 2 is 2.00 bits per heavy atom. The quantitative estimate of drug-likeness (QED) is 0.902. The first kappa shape index (κ1) is 11.4. The van der Waals surface area contributed by atoms with E-state index in [0.29, 0.717) is 23.2 Å². The second-order valence-corrected chi connectivity index (χ2v) is 3.79. The van der Waals surface area contributed by atoms with E-state index in [0.717, 1.165) is 5.56 Å². The first-order chi connectivity index (χ1) is 8.28. The van der Waals surface area contributed by atoms with Gasteiger partial charge in [0.2, 0.25) is 5.95 Å². The number of benzene rings is 1. The average molecular weight is 245 g/mol. The van der Waals surface area contributed by atoms with Gasteiger partial charge in [0.1, 0.15) is 11.8 Å². The summed E-state index contributed by atoms with van der Waals surface area (Å²) < 4.78 is 0. The van der Waals surface area contributed by atoms with Crippen LogP contribution in [-0.2, 0) is 6.54 Å². The van der Waals surface area contributed by atoms with Gasteiger partial charge in [-0.3, -0.25) is 0 Å². The molecule has 0 saturated carbocycles. The Morgan fingerprint density at radius 1 is 1.24 bits per heavy atom. The minimum absolute atomic E-state index is 0.346. The van der Waals surface area contributed by atoms with Crippen molar-refractivity contribution in [2.75, 3.05) is 5.32 Å². The van der Waals surface area contributed by atoms with E-state index in [4.69, 9.17) is 16.9 Å². The fraction of sp³-hybridized carbons (Fsp3) is 0.0833. The first-order valence-electron chi connectivity index (χ1n) is 4.99. The van der Waals surface area contributed by atoms with Crippen LogP contribution in [0.25, 0.3) is 0 Å². The Labute approximate surface area is 104 Å². The normalized spacial score (nSPS) is 9.65. The Hall–Kier alpha value is -2.12. The van der Waals surface area contributed by atoms with E-state index in [2.05, 4.69) is 15.3 Å². The minimum atomic E-state index is 0.346. The van der Waals surface area contributed by atoms with Crippen molar-refractivity contribution in [1.29, 1.82) is 5.26 Å². The number of rotatable bonds is 3. The van der Waals surface area contributed by atoms with Crippen LogP contribution in [0.3, 0.4) is 0 Å². The van der Waals surface area contributed by atoms with Crippen molar-refractivity contribution in [3.8, 4) is 6.07 Å². The summed E-state index contributed by atoms with van der Waals surface area (Å²) in [6, 6.07) is 11.0. The lowest BCUT2D eigenvalue weighted by atomic mass is 10.2. The molecule has 0 atom stereocenters. The second kappa shape index (κ2) is 5.28. The largest absolute Gasteiger partial charge is 0.350 e. The molecule has 0 unspecified atom stereocenters. The molecular weight excluding hydrogens is 236 g/mol. The molecule has 0 spiro atoms. The van der Waals surface area contributed by atoms with Gasteiger partial charge in [0, 0.05) is 17.8 Å². The predicted molar refractivity (Wildman–Crippen MR) is 65.5 cm³/mol. The lowest BCUT2D eigenvalue weighted by molar-refractivity contribution is 1.04. The molecule has 2 aromatic rings. The topological polar surface area (TPSA) is 61.6 Å². The molecule has 1 N–H and O–H groups in total. The Bertz CT molecular complexity index is 545. The Morgan fingerprint density at radius 3 is 2.71 bits per heavy atom. The van der Waals surface area contributed by atoms with Crippen LogP contribution in [0.1, 0.15) is 11.3 Å². The second-order valence-electron chi connectivity index (χ2n) is 3.36. The summed E-state index contributed by atoms with van der Waals surface area (Å²) >= 11 is 5.79. The summed E-state index contributed by atoms with van der Waals surface area (Å²) in [5.74, 6) is 0.444. The summed E-state index contributed by atoms with van der Waals surface area (Å²) in [7, 11) is 0. The van der Waals surface area contributed by atoms with Crippen LogP contribution in [-0.4, -0.2) is 9.97 Å². The molecule has 0 saturated heterocycles. The van der Waals surface area contributed by atoms with Crippen molar-refractivity contribution >= 4 is 17.5 Å². The van der Waals surface area contributed by atoms with Crippen molar-refractivity contribution in [2.45, 2.75) is 6.54 Å². The van der Waals surface area contributed by atoms with E-state index >= 15 is 0 Å². The molecule has 0 aliphatic heterocycles. The highest BCUT2D eigenvalue weighted by molar-refractivity contribution is 6.30. The van der Waals surface area contributed by atoms with Crippen molar-refractivity contribution in [3.05, 3.63) is 52.8 Å². The molecule has 0 radical (unpaired) electrons. The van der Waals surface area contributed by atoms with Gasteiger partial charge in [-0.25, -0.2) is 9.97 Å². The summed E-state index contributed by atoms with van der Waals surface area (Å²) in [6.45, 7) is 0.589. The fourth-order valence-electron chi connectivity index (χ4n) is 1.29. The van der Waals surface area contributed by atoms with Crippen molar-refractivity contribution in [2.24, 2.45) is 0 Å². The van der Waals surface area contributed by atoms with Gasteiger partial charge in [0.05, 0.1) is 0 Å². The van der Waals surface area contributed by atoms with Crippen LogP contribution < -0.4 is 5.32 Å². The number of nitrogens with zero attached hydrogens (tertiary/aromatic N) is 3. The molecule has 5 heteroatoms.